The molecule has 3 aromatic rings. The first-order chi connectivity index (χ1) is 43.6. The van der Waals surface area contributed by atoms with Crippen molar-refractivity contribution in [2.45, 2.75) is 172 Å². The number of aliphatic imine (C=N–C) groups is 1. The van der Waals surface area contributed by atoms with E-state index in [1.54, 1.807) is 20.1 Å². The zero-order valence-electron chi connectivity index (χ0n) is 52.5. The lowest BCUT2D eigenvalue weighted by Gasteiger charge is -2.29. The van der Waals surface area contributed by atoms with Crippen LogP contribution in [0.25, 0.3) is 0 Å². The number of phenols is 1. The molecular weight excluding hydrogens is 1220 g/mol. The van der Waals surface area contributed by atoms with E-state index in [4.69, 9.17) is 28.7 Å². The number of aliphatic hydroxyl groups excluding tert-OH is 1. The van der Waals surface area contributed by atoms with Gasteiger partial charge in [0.2, 0.25) is 59.1 Å². The minimum absolute atomic E-state index is 0.0496. The quantitative estimate of drug-likeness (QED) is 0.0145. The molecule has 0 radical (unpaired) electrons. The number of aromatic amines is 2. The number of rotatable bonds is 44. The smallest absolute Gasteiger partial charge is 0.326 e. The summed E-state index contributed by atoms with van der Waals surface area (Å²) in [6.45, 7) is 6.62. The van der Waals surface area contributed by atoms with E-state index in [0.717, 1.165) is 0 Å². The number of carboxylic acids is 1. The number of aromatic hydroxyl groups is 1. The van der Waals surface area contributed by atoms with Gasteiger partial charge in [0.25, 0.3) is 0 Å². The Kier molecular flexibility index (Phi) is 34.3. The molecule has 0 bridgehead atoms. The predicted molar refractivity (Wildman–Crippen MR) is 340 cm³/mol. The molecule has 0 aliphatic heterocycles. The van der Waals surface area contributed by atoms with Crippen molar-refractivity contribution in [3.8, 4) is 5.75 Å². The van der Waals surface area contributed by atoms with E-state index in [1.807, 2.05) is 13.8 Å². The zero-order chi connectivity index (χ0) is 68.5. The van der Waals surface area contributed by atoms with Gasteiger partial charge in [-0.05, 0) is 99.5 Å². The average molecular weight is 1310 g/mol. The zero-order valence-corrected chi connectivity index (χ0v) is 53.4. The van der Waals surface area contributed by atoms with Gasteiger partial charge in [-0.2, -0.15) is 11.8 Å². The highest BCUT2D eigenvalue weighted by atomic mass is 32.2. The maximum absolute atomic E-state index is 14.7. The maximum atomic E-state index is 14.7. The largest absolute Gasteiger partial charge is 0.508 e. The topological polar surface area (TPSA) is 557 Å². The molecule has 10 amide bonds. The molecule has 0 aliphatic rings. The molecule has 10 atom stereocenters. The van der Waals surface area contributed by atoms with Gasteiger partial charge in [0.15, 0.2) is 5.96 Å². The standard InChI is InChI=1S/C58H93N19O14S/c1-31(2)21-41(72-48(81)37(60)9-6-7-18-59)52(85)74-43(23-33-11-13-36(79)14-12-33)53(86)76-44(24-34-26-64-29-67-34)54(87)73-42(22-32(3)4)51(84)69-38(15-16-47(61)80)49(82)70-39(17-20-92-5)50(83)75-45(25-35-27-65-30-68-35)55(88)77-46(28-78)56(89)71-40(57(90)91)10-8-19-66-58(62)63/h11-14,26-27,29-32,37-46,78-79H,6-10,15-25,28,59-60H2,1-5H3,(H2,61,80)(H,64,67)(H,65,68)(H,69,84)(H,70,82)(H,71,89)(H,72,81)(H,73,87)(H,74,85)(H,75,83)(H,76,86)(H,77,88)(H,90,91)(H4,62,63,66)/t37-,38-,39-,40-,41-,42-,43-,44-,45-,46-/m0/s1. The molecule has 0 aliphatic carbocycles. The van der Waals surface area contributed by atoms with Crippen LogP contribution in [0.3, 0.4) is 0 Å². The van der Waals surface area contributed by atoms with Gasteiger partial charge < -0.3 is 102 Å². The van der Waals surface area contributed by atoms with Crippen molar-refractivity contribution in [1.82, 2.24) is 67.8 Å². The van der Waals surface area contributed by atoms with Crippen LogP contribution < -0.4 is 76.5 Å². The van der Waals surface area contributed by atoms with E-state index in [1.165, 1.54) is 61.1 Å². The molecule has 24 N–H and O–H groups in total. The number of carbonyl (C=O) groups excluding carboxylic acids is 10. The van der Waals surface area contributed by atoms with Crippen molar-refractivity contribution in [2.75, 3.05) is 31.7 Å². The molecule has 0 saturated carbocycles. The van der Waals surface area contributed by atoms with Crippen LogP contribution in [0.15, 0.2) is 54.3 Å². The Labute approximate surface area is 537 Å². The minimum atomic E-state index is -1.72. The maximum Gasteiger partial charge on any atom is 0.326 e. The van der Waals surface area contributed by atoms with Crippen LogP contribution in [-0.2, 0) is 72.0 Å². The van der Waals surface area contributed by atoms with Crippen LogP contribution in [0.4, 0.5) is 0 Å². The second kappa shape index (κ2) is 40.8. The predicted octanol–water partition coefficient (Wildman–Crippen LogP) is -4.07. The molecule has 0 fully saturated rings. The molecule has 2 heterocycles. The number of amides is 10. The molecule has 0 saturated heterocycles. The van der Waals surface area contributed by atoms with Gasteiger partial charge in [0, 0.05) is 56.0 Å². The van der Waals surface area contributed by atoms with Crippen LogP contribution in [0.5, 0.6) is 5.75 Å². The number of H-pyrrole nitrogens is 2. The number of imidazole rings is 2. The van der Waals surface area contributed by atoms with Gasteiger partial charge in [-0.3, -0.25) is 52.9 Å². The van der Waals surface area contributed by atoms with E-state index in [-0.39, 0.29) is 87.2 Å². The van der Waals surface area contributed by atoms with Gasteiger partial charge in [-0.15, -0.1) is 0 Å². The number of guanidine groups is 1. The number of aliphatic hydroxyl groups is 1. The number of primary amides is 1. The van der Waals surface area contributed by atoms with E-state index >= 15 is 0 Å². The summed E-state index contributed by atoms with van der Waals surface area (Å²) in [5, 5.41) is 53.3. The first-order valence-electron chi connectivity index (χ1n) is 30.2. The summed E-state index contributed by atoms with van der Waals surface area (Å²) in [5.41, 5.74) is 29.2. The SMILES string of the molecule is CSCC[C@H](NC(=O)[C@H](CCC(N)=O)NC(=O)[C@H](CC(C)C)NC(=O)[C@H](Cc1cnc[nH]1)NC(=O)[C@H](Cc1ccc(O)cc1)NC(=O)[C@H](CC(C)C)NC(=O)[C@@H](N)CCCCN)C(=O)N[C@@H](Cc1cnc[nH]1)C(=O)N[C@@H](CO)C(=O)N[C@@H](CCCN=C(N)N)C(=O)O. The Balaban J connectivity index is 1.95. The number of aliphatic carboxylic acids is 1. The number of carboxylic acid groups (broad SMARTS) is 1. The normalized spacial score (nSPS) is 14.5. The van der Waals surface area contributed by atoms with Crippen LogP contribution in [0.1, 0.15) is 109 Å². The van der Waals surface area contributed by atoms with Crippen molar-refractivity contribution >= 4 is 82.8 Å². The number of nitrogens with one attached hydrogen (secondary N) is 11. The average Bonchev–Trinajstić information content (AvgIpc) is 2.84. The summed E-state index contributed by atoms with van der Waals surface area (Å²) in [4.78, 5) is 169. The number of hydrogen-bond donors (Lipinski definition) is 19. The van der Waals surface area contributed by atoms with E-state index in [9.17, 15) is 68.1 Å². The number of aromatic nitrogens is 4. The van der Waals surface area contributed by atoms with Crippen LogP contribution in [0, 0.1) is 11.8 Å². The molecule has 510 valence electrons. The first-order valence-corrected chi connectivity index (χ1v) is 31.6. The number of phenolic OH excluding ortho intramolecular Hbond substituents is 1. The highest BCUT2D eigenvalue weighted by Crippen LogP contribution is 2.16. The molecule has 1 aromatic carbocycles. The summed E-state index contributed by atoms with van der Waals surface area (Å²) >= 11 is 1.29. The molecule has 3 rings (SSSR count). The fourth-order valence-electron chi connectivity index (χ4n) is 9.25. The Morgan fingerprint density at radius 1 is 0.543 bits per heavy atom. The van der Waals surface area contributed by atoms with Crippen molar-refractivity contribution in [3.63, 3.8) is 0 Å². The molecule has 2 aromatic heterocycles. The third-order valence-electron chi connectivity index (χ3n) is 14.2. The van der Waals surface area contributed by atoms with Crippen molar-refractivity contribution in [1.29, 1.82) is 0 Å². The van der Waals surface area contributed by atoms with E-state index in [2.05, 4.69) is 72.8 Å². The van der Waals surface area contributed by atoms with E-state index < -0.39 is 145 Å². The lowest BCUT2D eigenvalue weighted by atomic mass is 9.99. The Hall–Kier alpha value is -8.89. The highest BCUT2D eigenvalue weighted by molar-refractivity contribution is 7.98. The summed E-state index contributed by atoms with van der Waals surface area (Å²) in [6.07, 6.45) is 7.15. The summed E-state index contributed by atoms with van der Waals surface area (Å²) in [7, 11) is 0. The first kappa shape index (κ1) is 77.4. The summed E-state index contributed by atoms with van der Waals surface area (Å²) in [5.74, 6) is -10.8. The molecule has 33 nitrogen and oxygen atoms in total. The third-order valence-corrected chi connectivity index (χ3v) is 14.8. The van der Waals surface area contributed by atoms with Crippen molar-refractivity contribution < 1.29 is 68.1 Å². The fourth-order valence-corrected chi connectivity index (χ4v) is 9.72. The number of nitrogens with zero attached hydrogens (tertiary/aromatic N) is 3. The van der Waals surface area contributed by atoms with Gasteiger partial charge in [-0.1, -0.05) is 46.2 Å². The summed E-state index contributed by atoms with van der Waals surface area (Å²) in [6, 6.07) is -8.36. The molecule has 34 heteroatoms. The molecule has 0 spiro atoms. The second-order valence-corrected chi connectivity index (χ2v) is 23.9. The van der Waals surface area contributed by atoms with Crippen molar-refractivity contribution in [3.05, 3.63) is 66.3 Å². The minimum Gasteiger partial charge on any atom is -0.508 e. The van der Waals surface area contributed by atoms with Gasteiger partial charge in [0.05, 0.1) is 25.3 Å². The lowest BCUT2D eigenvalue weighted by Crippen LogP contribution is -2.61. The van der Waals surface area contributed by atoms with Crippen molar-refractivity contribution in [2.24, 2.45) is 45.5 Å². The number of unbranched alkanes of at least 4 members (excludes halogenated alkanes) is 1. The van der Waals surface area contributed by atoms with Gasteiger partial charge in [0.1, 0.15) is 60.1 Å². The summed E-state index contributed by atoms with van der Waals surface area (Å²) < 4.78 is 0. The number of hydrogen-bond acceptors (Lipinski definition) is 19. The molecule has 92 heavy (non-hydrogen) atoms. The number of benzene rings is 1. The molecular formula is C58H93N19O14S. The van der Waals surface area contributed by atoms with E-state index in [0.29, 0.717) is 42.8 Å². The third kappa shape index (κ3) is 28.9. The molecule has 0 unspecified atom stereocenters. The highest BCUT2D eigenvalue weighted by Gasteiger charge is 2.37. The van der Waals surface area contributed by atoms with Gasteiger partial charge in [-0.25, -0.2) is 14.8 Å². The number of nitrogens with two attached hydrogens (primary N) is 5. The number of carbonyl (C=O) groups is 11. The second-order valence-electron chi connectivity index (χ2n) is 22.9. The van der Waals surface area contributed by atoms with Crippen LogP contribution in [-0.4, -0.2) is 198 Å². The fraction of sp³-hybridized carbons (Fsp3) is 0.586. The Morgan fingerprint density at radius 2 is 0.967 bits per heavy atom. The van der Waals surface area contributed by atoms with Crippen LogP contribution in [0.2, 0.25) is 0 Å². The van der Waals surface area contributed by atoms with Crippen LogP contribution >= 0.6 is 11.8 Å². The lowest BCUT2D eigenvalue weighted by molar-refractivity contribution is -0.142. The monoisotopic (exact) mass is 1310 g/mol. The number of thioether (sulfide) groups is 1. The van der Waals surface area contributed by atoms with Gasteiger partial charge >= 0.3 is 5.97 Å². The Morgan fingerprint density at radius 3 is 1.40 bits per heavy atom. The Bertz CT molecular complexity index is 2880.